The fraction of sp³-hybridized carbons (Fsp3) is 0.0769. The average molecular weight is 476 g/mol. The fourth-order valence-corrected chi connectivity index (χ4v) is 4.46. The van der Waals surface area contributed by atoms with E-state index in [1.54, 1.807) is 12.1 Å². The second-order valence-electron chi connectivity index (χ2n) is 7.83. The predicted molar refractivity (Wildman–Crippen MR) is 131 cm³/mol. The Balaban J connectivity index is 1.48. The van der Waals surface area contributed by atoms with Crippen LogP contribution in [0.3, 0.4) is 0 Å². The summed E-state index contributed by atoms with van der Waals surface area (Å²) in [6.07, 6.45) is 3.69. The summed E-state index contributed by atoms with van der Waals surface area (Å²) in [5, 5.41) is 4.86. The van der Waals surface area contributed by atoms with E-state index in [-0.39, 0.29) is 18.1 Å². The number of fused-ring (bicyclic) bond motifs is 1. The Morgan fingerprint density at radius 3 is 2.42 bits per heavy atom. The zero-order valence-corrected chi connectivity index (χ0v) is 19.0. The van der Waals surface area contributed by atoms with E-state index >= 15 is 0 Å². The topological polar surface area (TPSA) is 54.3 Å². The Morgan fingerprint density at radius 2 is 1.64 bits per heavy atom. The molecular formula is C26H19Cl2N3O2. The number of nitrogens with one attached hydrogen (secondary N) is 1. The van der Waals surface area contributed by atoms with Crippen LogP contribution >= 0.6 is 23.2 Å². The highest BCUT2D eigenvalue weighted by molar-refractivity contribution is 6.35. The second kappa shape index (κ2) is 8.77. The predicted octanol–water partition coefficient (Wildman–Crippen LogP) is 6.09. The third kappa shape index (κ3) is 4.25. The van der Waals surface area contributed by atoms with E-state index in [1.165, 1.54) is 4.90 Å². The Morgan fingerprint density at radius 1 is 0.879 bits per heavy atom. The van der Waals surface area contributed by atoms with Gasteiger partial charge < -0.3 is 9.88 Å². The molecule has 7 heteroatoms. The van der Waals surface area contributed by atoms with Crippen molar-refractivity contribution in [3.63, 3.8) is 0 Å². The normalized spacial score (nSPS) is 15.0. The third-order valence-electron chi connectivity index (χ3n) is 5.62. The molecule has 0 spiro atoms. The molecule has 0 atom stereocenters. The number of halogens is 2. The highest BCUT2D eigenvalue weighted by Crippen LogP contribution is 2.28. The first kappa shape index (κ1) is 21.3. The number of carbonyl (C=O) groups excluding carboxylic acids is 2. The van der Waals surface area contributed by atoms with Crippen LogP contribution in [0.4, 0.5) is 4.79 Å². The van der Waals surface area contributed by atoms with Crippen molar-refractivity contribution in [1.29, 1.82) is 0 Å². The average Bonchev–Trinajstić information content (AvgIpc) is 3.28. The van der Waals surface area contributed by atoms with E-state index in [2.05, 4.69) is 9.88 Å². The van der Waals surface area contributed by atoms with Gasteiger partial charge >= 0.3 is 6.03 Å². The molecule has 1 aliphatic rings. The number of carbonyl (C=O) groups is 2. The van der Waals surface area contributed by atoms with Crippen molar-refractivity contribution < 1.29 is 9.59 Å². The molecule has 1 aromatic heterocycles. The maximum Gasteiger partial charge on any atom is 0.329 e. The van der Waals surface area contributed by atoms with E-state index in [0.29, 0.717) is 16.6 Å². The van der Waals surface area contributed by atoms with Gasteiger partial charge in [-0.2, -0.15) is 0 Å². The summed E-state index contributed by atoms with van der Waals surface area (Å²) < 4.78 is 2.07. The minimum atomic E-state index is -0.424. The number of amides is 3. The molecule has 4 aromatic rings. The number of benzene rings is 3. The van der Waals surface area contributed by atoms with Crippen molar-refractivity contribution in [3.8, 4) is 0 Å². The van der Waals surface area contributed by atoms with Crippen molar-refractivity contribution in [1.82, 2.24) is 14.8 Å². The van der Waals surface area contributed by atoms with E-state index in [9.17, 15) is 9.59 Å². The second-order valence-corrected chi connectivity index (χ2v) is 8.67. The molecule has 0 aliphatic carbocycles. The van der Waals surface area contributed by atoms with Gasteiger partial charge in [-0.25, -0.2) is 4.79 Å². The smallest absolute Gasteiger partial charge is 0.329 e. The molecule has 3 aromatic carbocycles. The lowest BCUT2D eigenvalue weighted by molar-refractivity contribution is -0.123. The van der Waals surface area contributed by atoms with Crippen LogP contribution in [0, 0.1) is 0 Å². The van der Waals surface area contributed by atoms with Crippen LogP contribution in [0.15, 0.2) is 84.7 Å². The van der Waals surface area contributed by atoms with E-state index in [0.717, 1.165) is 27.6 Å². The van der Waals surface area contributed by atoms with Gasteiger partial charge in [0.15, 0.2) is 0 Å². The number of imide groups is 1. The Kier molecular flexibility index (Phi) is 5.67. The molecule has 1 N–H and O–H groups in total. The van der Waals surface area contributed by atoms with Gasteiger partial charge in [0, 0.05) is 39.3 Å². The Labute approximate surface area is 200 Å². The molecule has 2 heterocycles. The number of aromatic nitrogens is 1. The first-order valence-electron chi connectivity index (χ1n) is 10.4. The molecule has 3 amide bonds. The molecule has 1 fully saturated rings. The summed E-state index contributed by atoms with van der Waals surface area (Å²) in [5.41, 5.74) is 3.90. The molecule has 1 saturated heterocycles. The van der Waals surface area contributed by atoms with Crippen LogP contribution in [-0.4, -0.2) is 21.4 Å². The maximum atomic E-state index is 13.0. The molecule has 0 unspecified atom stereocenters. The molecule has 1 aliphatic heterocycles. The van der Waals surface area contributed by atoms with Crippen molar-refractivity contribution in [2.24, 2.45) is 0 Å². The van der Waals surface area contributed by atoms with Gasteiger partial charge in [-0.1, -0.05) is 77.8 Å². The highest BCUT2D eigenvalue weighted by atomic mass is 35.5. The zero-order chi connectivity index (χ0) is 22.9. The van der Waals surface area contributed by atoms with Crippen molar-refractivity contribution in [2.75, 3.05) is 0 Å². The fourth-order valence-electron chi connectivity index (χ4n) is 3.99. The molecule has 164 valence electrons. The van der Waals surface area contributed by atoms with E-state index in [1.807, 2.05) is 72.9 Å². The summed E-state index contributed by atoms with van der Waals surface area (Å²) >= 11 is 12.4. The monoisotopic (exact) mass is 475 g/mol. The van der Waals surface area contributed by atoms with Crippen LogP contribution in [0.25, 0.3) is 17.0 Å². The van der Waals surface area contributed by atoms with Gasteiger partial charge in [-0.15, -0.1) is 0 Å². The van der Waals surface area contributed by atoms with Crippen LogP contribution in [0.5, 0.6) is 0 Å². The van der Waals surface area contributed by atoms with E-state index in [4.69, 9.17) is 23.2 Å². The Bertz CT molecular complexity index is 1410. The molecule has 33 heavy (non-hydrogen) atoms. The van der Waals surface area contributed by atoms with Gasteiger partial charge in [0.1, 0.15) is 5.70 Å². The van der Waals surface area contributed by atoms with Gasteiger partial charge in [0.25, 0.3) is 5.91 Å². The third-order valence-corrected chi connectivity index (χ3v) is 6.21. The van der Waals surface area contributed by atoms with Crippen LogP contribution in [-0.2, 0) is 17.9 Å². The van der Waals surface area contributed by atoms with Crippen molar-refractivity contribution >= 4 is 52.1 Å². The minimum Gasteiger partial charge on any atom is -0.342 e. The number of hydrogen-bond donors (Lipinski definition) is 1. The van der Waals surface area contributed by atoms with Crippen LogP contribution in [0.1, 0.15) is 16.7 Å². The van der Waals surface area contributed by atoms with Gasteiger partial charge in [-0.3, -0.25) is 9.69 Å². The van der Waals surface area contributed by atoms with Crippen LogP contribution in [0.2, 0.25) is 10.0 Å². The first-order valence-corrected chi connectivity index (χ1v) is 11.2. The van der Waals surface area contributed by atoms with Gasteiger partial charge in [-0.05, 0) is 35.4 Å². The standard InChI is InChI=1S/C26H19Cl2N3O2/c27-20-11-10-18(22(28)13-20)15-30-16-19(21-8-4-5-9-24(21)30)12-23-25(32)31(26(33)29-23)14-17-6-2-1-3-7-17/h1-13,16H,14-15H2,(H,29,33)/b23-12+. The summed E-state index contributed by atoms with van der Waals surface area (Å²) in [6, 6.07) is 22.4. The van der Waals surface area contributed by atoms with Gasteiger partial charge in [0.2, 0.25) is 0 Å². The van der Waals surface area contributed by atoms with E-state index < -0.39 is 6.03 Å². The number of urea groups is 1. The van der Waals surface area contributed by atoms with Crippen LogP contribution < -0.4 is 5.32 Å². The molecule has 0 radical (unpaired) electrons. The summed E-state index contributed by atoms with van der Waals surface area (Å²) in [5.74, 6) is -0.346. The Hall–Kier alpha value is -3.54. The minimum absolute atomic E-state index is 0.222. The summed E-state index contributed by atoms with van der Waals surface area (Å²) in [6.45, 7) is 0.764. The lowest BCUT2D eigenvalue weighted by Gasteiger charge is -2.11. The number of para-hydroxylation sites is 1. The lowest BCUT2D eigenvalue weighted by Crippen LogP contribution is -2.30. The number of rotatable bonds is 5. The highest BCUT2D eigenvalue weighted by Gasteiger charge is 2.33. The lowest BCUT2D eigenvalue weighted by atomic mass is 10.1. The number of hydrogen-bond acceptors (Lipinski definition) is 2. The molecule has 0 saturated carbocycles. The maximum absolute atomic E-state index is 13.0. The van der Waals surface area contributed by atoms with Crippen molar-refractivity contribution in [3.05, 3.63) is 111 Å². The van der Waals surface area contributed by atoms with Crippen molar-refractivity contribution in [2.45, 2.75) is 13.1 Å². The summed E-state index contributed by atoms with van der Waals surface area (Å²) in [4.78, 5) is 26.7. The van der Waals surface area contributed by atoms with Gasteiger partial charge in [0.05, 0.1) is 6.54 Å². The molecule has 5 rings (SSSR count). The first-order chi connectivity index (χ1) is 16.0. The molecular weight excluding hydrogens is 457 g/mol. The largest absolute Gasteiger partial charge is 0.342 e. The molecule has 0 bridgehead atoms. The quantitative estimate of drug-likeness (QED) is 0.280. The SMILES string of the molecule is O=C1N/C(=C/c2cn(Cc3ccc(Cl)cc3Cl)c3ccccc23)C(=O)N1Cc1ccccc1. The molecule has 5 nitrogen and oxygen atoms in total. The number of nitrogens with zero attached hydrogens (tertiary/aromatic N) is 2. The summed E-state index contributed by atoms with van der Waals surface area (Å²) in [7, 11) is 0. The zero-order valence-electron chi connectivity index (χ0n) is 17.5.